The van der Waals surface area contributed by atoms with E-state index in [1.54, 1.807) is 0 Å². The van der Waals surface area contributed by atoms with Crippen molar-refractivity contribution >= 4 is 18.7 Å². The van der Waals surface area contributed by atoms with Crippen LogP contribution < -0.4 is 10.6 Å². The van der Waals surface area contributed by atoms with Crippen LogP contribution in [0.3, 0.4) is 0 Å². The molecule has 0 heterocycles. The van der Waals surface area contributed by atoms with Gasteiger partial charge in [0.25, 0.3) is 0 Å². The molecule has 0 saturated heterocycles. The summed E-state index contributed by atoms with van der Waals surface area (Å²) in [5, 5.41) is 2.84. The molecule has 0 aliphatic heterocycles. The van der Waals surface area contributed by atoms with Gasteiger partial charge in [-0.2, -0.15) is 0 Å². The zero-order valence-electron chi connectivity index (χ0n) is 14.0. The van der Waals surface area contributed by atoms with Crippen LogP contribution >= 0.6 is 8.07 Å². The average molecular weight is 331 g/mol. The summed E-state index contributed by atoms with van der Waals surface area (Å²) in [6, 6.07) is 31.4. The molecule has 0 amide bonds. The lowest BCUT2D eigenvalue weighted by atomic mass is 10.1. The van der Waals surface area contributed by atoms with Crippen LogP contribution in [0.5, 0.6) is 0 Å². The highest BCUT2D eigenvalue weighted by Crippen LogP contribution is 2.47. The molecule has 0 saturated carbocycles. The van der Waals surface area contributed by atoms with Crippen molar-refractivity contribution in [2.75, 3.05) is 7.05 Å². The summed E-state index contributed by atoms with van der Waals surface area (Å²) in [5.74, 6) is 0. The van der Waals surface area contributed by atoms with E-state index in [1.165, 1.54) is 34.6 Å². The van der Waals surface area contributed by atoms with Gasteiger partial charge in [0.15, 0.2) is 0 Å². The Morgan fingerprint density at radius 2 is 1.29 bits per heavy atom. The van der Waals surface area contributed by atoms with Gasteiger partial charge in [0.05, 0.1) is 0 Å². The van der Waals surface area contributed by atoms with E-state index < -0.39 is 8.07 Å². The topological polar surface area (TPSA) is 3.24 Å². The van der Waals surface area contributed by atoms with Crippen LogP contribution in [-0.2, 0) is 6.42 Å². The SMILES string of the molecule is CN(C1CCc2ccccc21)P(c1ccccc1)c1ccccc1. The summed E-state index contributed by atoms with van der Waals surface area (Å²) in [4.78, 5) is 0. The maximum atomic E-state index is 2.62. The number of fused-ring (bicyclic) bond motifs is 1. The van der Waals surface area contributed by atoms with Crippen molar-refractivity contribution in [2.45, 2.75) is 18.9 Å². The molecule has 0 N–H and O–H groups in total. The van der Waals surface area contributed by atoms with E-state index in [0.29, 0.717) is 6.04 Å². The minimum atomic E-state index is -0.514. The molecule has 0 bridgehead atoms. The highest BCUT2D eigenvalue weighted by Gasteiger charge is 2.31. The van der Waals surface area contributed by atoms with Crippen molar-refractivity contribution in [3.05, 3.63) is 96.1 Å². The Morgan fingerprint density at radius 1 is 0.750 bits per heavy atom. The van der Waals surface area contributed by atoms with Crippen LogP contribution in [0.4, 0.5) is 0 Å². The van der Waals surface area contributed by atoms with Crippen molar-refractivity contribution in [1.29, 1.82) is 0 Å². The summed E-state index contributed by atoms with van der Waals surface area (Å²) in [7, 11) is 1.79. The molecule has 120 valence electrons. The Bertz CT molecular complexity index is 761. The third-order valence-corrected chi connectivity index (χ3v) is 7.35. The fourth-order valence-electron chi connectivity index (χ4n) is 3.71. The molecule has 1 aliphatic rings. The predicted molar refractivity (Wildman–Crippen MR) is 104 cm³/mol. The van der Waals surface area contributed by atoms with Crippen LogP contribution in [0.1, 0.15) is 23.6 Å². The fraction of sp³-hybridized carbons (Fsp3) is 0.182. The number of nitrogens with zero attached hydrogens (tertiary/aromatic N) is 1. The Labute approximate surface area is 145 Å². The lowest BCUT2D eigenvalue weighted by Gasteiger charge is -2.34. The van der Waals surface area contributed by atoms with Crippen LogP contribution in [0.2, 0.25) is 0 Å². The van der Waals surface area contributed by atoms with E-state index in [9.17, 15) is 0 Å². The van der Waals surface area contributed by atoms with Crippen molar-refractivity contribution in [3.63, 3.8) is 0 Å². The first-order chi connectivity index (χ1) is 11.8. The number of rotatable bonds is 4. The first kappa shape index (κ1) is 15.6. The zero-order valence-corrected chi connectivity index (χ0v) is 14.9. The molecule has 0 aromatic heterocycles. The second-order valence-corrected chi connectivity index (χ2v) is 8.60. The lowest BCUT2D eigenvalue weighted by Crippen LogP contribution is -2.28. The first-order valence-corrected chi connectivity index (χ1v) is 9.85. The second-order valence-electron chi connectivity index (χ2n) is 6.31. The third-order valence-electron chi connectivity index (χ3n) is 4.87. The molecular formula is C22H22NP. The van der Waals surface area contributed by atoms with E-state index in [4.69, 9.17) is 0 Å². The van der Waals surface area contributed by atoms with E-state index in [2.05, 4.69) is 96.6 Å². The normalized spacial score (nSPS) is 16.5. The van der Waals surface area contributed by atoms with Crippen molar-refractivity contribution in [1.82, 2.24) is 4.67 Å². The molecule has 1 aliphatic carbocycles. The molecule has 0 radical (unpaired) electrons. The molecule has 3 aromatic carbocycles. The smallest absolute Gasteiger partial charge is 0.0393 e. The van der Waals surface area contributed by atoms with E-state index in [1.807, 2.05) is 0 Å². The first-order valence-electron chi connectivity index (χ1n) is 8.55. The quantitative estimate of drug-likeness (QED) is 0.629. The maximum absolute atomic E-state index is 2.62. The highest BCUT2D eigenvalue weighted by atomic mass is 31.1. The lowest BCUT2D eigenvalue weighted by molar-refractivity contribution is 0.411. The van der Waals surface area contributed by atoms with Gasteiger partial charge in [0, 0.05) is 14.1 Å². The van der Waals surface area contributed by atoms with Gasteiger partial charge in [-0.3, -0.25) is 4.67 Å². The van der Waals surface area contributed by atoms with Crippen LogP contribution in [-0.4, -0.2) is 11.7 Å². The minimum Gasteiger partial charge on any atom is -0.270 e. The summed E-state index contributed by atoms with van der Waals surface area (Å²) < 4.78 is 2.62. The summed E-state index contributed by atoms with van der Waals surface area (Å²) >= 11 is 0. The molecule has 24 heavy (non-hydrogen) atoms. The van der Waals surface area contributed by atoms with Gasteiger partial charge in [-0.15, -0.1) is 0 Å². The molecule has 4 rings (SSSR count). The van der Waals surface area contributed by atoms with E-state index >= 15 is 0 Å². The summed E-state index contributed by atoms with van der Waals surface area (Å²) in [6.07, 6.45) is 2.41. The molecule has 0 fully saturated rings. The monoisotopic (exact) mass is 331 g/mol. The molecule has 2 heteroatoms. The van der Waals surface area contributed by atoms with Crippen LogP contribution in [0, 0.1) is 0 Å². The third kappa shape index (κ3) is 2.90. The largest absolute Gasteiger partial charge is 0.270 e. The van der Waals surface area contributed by atoms with Gasteiger partial charge >= 0.3 is 0 Å². The highest BCUT2D eigenvalue weighted by molar-refractivity contribution is 7.70. The van der Waals surface area contributed by atoms with Gasteiger partial charge in [-0.25, -0.2) is 0 Å². The Kier molecular flexibility index (Phi) is 4.47. The van der Waals surface area contributed by atoms with Gasteiger partial charge in [0.1, 0.15) is 0 Å². The standard InChI is InChI=1S/C22H22NP/c1-23(22-17-16-18-10-8-9-15-21(18)22)24(19-11-4-2-5-12-19)20-13-6-3-7-14-20/h2-15,22H,16-17H2,1H3. The molecule has 3 aromatic rings. The fourth-order valence-corrected chi connectivity index (χ4v) is 6.17. The van der Waals surface area contributed by atoms with Gasteiger partial charge in [0.2, 0.25) is 0 Å². The predicted octanol–water partition coefficient (Wildman–Crippen LogP) is 4.65. The number of aryl methyl sites for hydroxylation is 1. The van der Waals surface area contributed by atoms with Crippen LogP contribution in [0.15, 0.2) is 84.9 Å². The van der Waals surface area contributed by atoms with Crippen molar-refractivity contribution < 1.29 is 0 Å². The summed E-state index contributed by atoms with van der Waals surface area (Å²) in [6.45, 7) is 0. The number of benzene rings is 3. The van der Waals surface area contributed by atoms with Gasteiger partial charge < -0.3 is 0 Å². The Balaban J connectivity index is 1.75. The molecule has 1 atom stereocenters. The van der Waals surface area contributed by atoms with E-state index in [0.717, 1.165) is 0 Å². The maximum Gasteiger partial charge on any atom is 0.0393 e. The summed E-state index contributed by atoms with van der Waals surface area (Å²) in [5.41, 5.74) is 3.03. The van der Waals surface area contributed by atoms with Crippen LogP contribution in [0.25, 0.3) is 0 Å². The molecular weight excluding hydrogens is 309 g/mol. The van der Waals surface area contributed by atoms with E-state index in [-0.39, 0.29) is 0 Å². The number of hydrogen-bond acceptors (Lipinski definition) is 1. The molecule has 1 unspecified atom stereocenters. The Hall–Kier alpha value is -1.95. The minimum absolute atomic E-state index is 0.507. The van der Waals surface area contributed by atoms with Crippen molar-refractivity contribution in [3.8, 4) is 0 Å². The average Bonchev–Trinajstić information content (AvgIpc) is 3.08. The second kappa shape index (κ2) is 6.89. The van der Waals surface area contributed by atoms with Gasteiger partial charge in [-0.05, 0) is 41.6 Å². The zero-order chi connectivity index (χ0) is 16.4. The molecule has 0 spiro atoms. The number of hydrogen-bond donors (Lipinski definition) is 0. The van der Waals surface area contributed by atoms with Gasteiger partial charge in [-0.1, -0.05) is 84.9 Å². The Morgan fingerprint density at radius 3 is 1.92 bits per heavy atom. The van der Waals surface area contributed by atoms with Crippen molar-refractivity contribution in [2.24, 2.45) is 0 Å². The molecule has 1 nitrogen and oxygen atoms in total.